The lowest BCUT2D eigenvalue weighted by atomic mass is 10.2. The van der Waals surface area contributed by atoms with E-state index >= 15 is 0 Å². The fourth-order valence-electron chi connectivity index (χ4n) is 2.51. The quantitative estimate of drug-likeness (QED) is 0.791. The monoisotopic (exact) mass is 346 g/mol. The third kappa shape index (κ3) is 2.78. The van der Waals surface area contributed by atoms with Gasteiger partial charge in [-0.1, -0.05) is 30.0 Å². The van der Waals surface area contributed by atoms with Crippen LogP contribution in [0, 0.1) is 0 Å². The first kappa shape index (κ1) is 16.1. The second-order valence-corrected chi connectivity index (χ2v) is 8.62. The third-order valence-electron chi connectivity index (χ3n) is 3.69. The molecule has 6 heteroatoms. The van der Waals surface area contributed by atoms with Crippen molar-refractivity contribution in [2.75, 3.05) is 25.5 Å². The van der Waals surface area contributed by atoms with E-state index in [9.17, 15) is 8.42 Å². The van der Waals surface area contributed by atoms with Crippen molar-refractivity contribution in [3.63, 3.8) is 0 Å². The molecule has 0 amide bonds. The van der Waals surface area contributed by atoms with Crippen LogP contribution < -0.4 is 4.90 Å². The fraction of sp³-hybridized carbons (Fsp3) is 0.176. The summed E-state index contributed by atoms with van der Waals surface area (Å²) < 4.78 is 26.0. The molecule has 0 aromatic heterocycles. The average Bonchev–Trinajstić information content (AvgIpc) is 2.54. The highest BCUT2D eigenvalue weighted by Crippen LogP contribution is 2.48. The predicted octanol–water partition coefficient (Wildman–Crippen LogP) is 3.73. The van der Waals surface area contributed by atoms with Gasteiger partial charge in [0, 0.05) is 30.4 Å². The van der Waals surface area contributed by atoms with E-state index in [1.54, 1.807) is 38.0 Å². The van der Waals surface area contributed by atoms with Gasteiger partial charge in [-0.15, -0.1) is 6.58 Å². The van der Waals surface area contributed by atoms with Gasteiger partial charge in [0.1, 0.15) is 0 Å². The summed E-state index contributed by atoms with van der Waals surface area (Å²) in [4.78, 5) is 4.60. The summed E-state index contributed by atoms with van der Waals surface area (Å²) in [6, 6.07) is 13.4. The Bertz CT molecular complexity index is 861. The number of para-hydroxylation sites is 1. The molecule has 0 aliphatic carbocycles. The van der Waals surface area contributed by atoms with Crippen LogP contribution >= 0.6 is 11.8 Å². The highest BCUT2D eigenvalue weighted by Gasteiger charge is 2.25. The first-order valence-corrected chi connectivity index (χ1v) is 9.42. The Hall–Kier alpha value is -1.76. The zero-order valence-corrected chi connectivity index (χ0v) is 14.7. The number of nitrogens with zero attached hydrogens (tertiary/aromatic N) is 2. The maximum atomic E-state index is 12.4. The first-order chi connectivity index (χ1) is 10.9. The van der Waals surface area contributed by atoms with Gasteiger partial charge in [-0.25, -0.2) is 12.7 Å². The largest absolute Gasteiger partial charge is 0.336 e. The molecule has 4 nitrogen and oxygen atoms in total. The Kier molecular flexibility index (Phi) is 4.23. The van der Waals surface area contributed by atoms with E-state index in [2.05, 4.69) is 17.5 Å². The highest BCUT2D eigenvalue weighted by atomic mass is 32.2. The molecule has 3 rings (SSSR count). The van der Waals surface area contributed by atoms with Crippen LogP contribution in [0.15, 0.2) is 69.8 Å². The number of fused-ring (bicyclic) bond motifs is 2. The van der Waals surface area contributed by atoms with E-state index in [4.69, 9.17) is 0 Å². The number of anilines is 2. The van der Waals surface area contributed by atoms with Gasteiger partial charge >= 0.3 is 0 Å². The summed E-state index contributed by atoms with van der Waals surface area (Å²) in [5.41, 5.74) is 1.97. The predicted molar refractivity (Wildman–Crippen MR) is 95.1 cm³/mol. The molecule has 0 saturated carbocycles. The second kappa shape index (κ2) is 6.03. The zero-order valence-electron chi connectivity index (χ0n) is 13.1. The van der Waals surface area contributed by atoms with E-state index in [0.29, 0.717) is 11.4 Å². The van der Waals surface area contributed by atoms with Gasteiger partial charge in [0.15, 0.2) is 0 Å². The van der Waals surface area contributed by atoms with Crippen molar-refractivity contribution in [3.8, 4) is 0 Å². The molecule has 0 bridgehead atoms. The van der Waals surface area contributed by atoms with Crippen LogP contribution in [0.3, 0.4) is 0 Å². The van der Waals surface area contributed by atoms with Crippen LogP contribution in [-0.4, -0.2) is 33.4 Å². The lowest BCUT2D eigenvalue weighted by Gasteiger charge is -2.32. The van der Waals surface area contributed by atoms with Crippen LogP contribution in [0.5, 0.6) is 0 Å². The van der Waals surface area contributed by atoms with Gasteiger partial charge in [0.05, 0.1) is 16.3 Å². The minimum absolute atomic E-state index is 0.301. The second-order valence-electron chi connectivity index (χ2n) is 5.39. The Morgan fingerprint density at radius 2 is 1.83 bits per heavy atom. The van der Waals surface area contributed by atoms with E-state index in [1.807, 2.05) is 30.3 Å². The van der Waals surface area contributed by atoms with E-state index in [0.717, 1.165) is 21.2 Å². The number of benzene rings is 2. The van der Waals surface area contributed by atoms with Crippen LogP contribution in [0.2, 0.25) is 0 Å². The van der Waals surface area contributed by atoms with Gasteiger partial charge in [0.25, 0.3) is 0 Å². The number of hydrogen-bond donors (Lipinski definition) is 0. The Labute approximate surface area is 141 Å². The van der Waals surface area contributed by atoms with Gasteiger partial charge in [0.2, 0.25) is 10.0 Å². The minimum Gasteiger partial charge on any atom is -0.336 e. The molecule has 0 fully saturated rings. The lowest BCUT2D eigenvalue weighted by molar-refractivity contribution is 0.520. The number of hydrogen-bond acceptors (Lipinski definition) is 4. The summed E-state index contributed by atoms with van der Waals surface area (Å²) >= 11 is 1.66. The van der Waals surface area contributed by atoms with Gasteiger partial charge in [-0.2, -0.15) is 0 Å². The number of sulfonamides is 1. The Morgan fingerprint density at radius 3 is 2.52 bits per heavy atom. The molecule has 1 heterocycles. The molecular weight excluding hydrogens is 328 g/mol. The summed E-state index contributed by atoms with van der Waals surface area (Å²) in [5, 5.41) is 0. The zero-order chi connectivity index (χ0) is 16.6. The van der Waals surface area contributed by atoms with Crippen molar-refractivity contribution in [2.24, 2.45) is 0 Å². The molecule has 0 saturated heterocycles. The molecule has 0 spiro atoms. The van der Waals surface area contributed by atoms with Crippen LogP contribution in [-0.2, 0) is 10.0 Å². The summed E-state index contributed by atoms with van der Waals surface area (Å²) in [5.74, 6) is 0. The molecule has 0 N–H and O–H groups in total. The maximum absolute atomic E-state index is 12.4. The van der Waals surface area contributed by atoms with Crippen molar-refractivity contribution in [2.45, 2.75) is 14.7 Å². The Morgan fingerprint density at radius 1 is 1.13 bits per heavy atom. The van der Waals surface area contributed by atoms with E-state index in [1.165, 1.54) is 4.31 Å². The summed E-state index contributed by atoms with van der Waals surface area (Å²) in [7, 11) is -0.371. The van der Waals surface area contributed by atoms with E-state index < -0.39 is 10.0 Å². The van der Waals surface area contributed by atoms with Gasteiger partial charge in [-0.3, -0.25) is 0 Å². The van der Waals surface area contributed by atoms with Crippen LogP contribution in [0.4, 0.5) is 11.4 Å². The first-order valence-electron chi connectivity index (χ1n) is 7.17. The minimum atomic E-state index is -3.45. The molecule has 120 valence electrons. The lowest BCUT2D eigenvalue weighted by Crippen LogP contribution is -2.24. The number of rotatable bonds is 4. The van der Waals surface area contributed by atoms with Crippen LogP contribution in [0.1, 0.15) is 0 Å². The highest BCUT2D eigenvalue weighted by molar-refractivity contribution is 7.99. The molecule has 0 atom stereocenters. The topological polar surface area (TPSA) is 40.6 Å². The Balaban J connectivity index is 2.16. The molecular formula is C17H18N2O2S2. The summed E-state index contributed by atoms with van der Waals surface area (Å²) in [6.45, 7) is 4.45. The average molecular weight is 346 g/mol. The molecule has 1 aliphatic rings. The van der Waals surface area contributed by atoms with Crippen LogP contribution in [0.25, 0.3) is 0 Å². The third-order valence-corrected chi connectivity index (χ3v) is 6.63. The standard InChI is InChI=1S/C17H18N2O2S2/c1-4-11-19-14-7-5-6-8-16(14)22-17-10-9-13(12-15(17)19)23(20,21)18(2)3/h4-10,12H,1,11H2,2-3H3. The van der Waals surface area contributed by atoms with Crippen molar-refractivity contribution in [1.29, 1.82) is 0 Å². The van der Waals surface area contributed by atoms with Crippen molar-refractivity contribution in [1.82, 2.24) is 4.31 Å². The molecule has 1 aliphatic heterocycles. The molecule has 0 unspecified atom stereocenters. The molecule has 23 heavy (non-hydrogen) atoms. The van der Waals surface area contributed by atoms with Gasteiger partial charge in [-0.05, 0) is 30.3 Å². The molecule has 0 radical (unpaired) electrons. The molecule has 2 aromatic rings. The van der Waals surface area contributed by atoms with Crippen molar-refractivity contribution < 1.29 is 8.42 Å². The van der Waals surface area contributed by atoms with Crippen molar-refractivity contribution in [3.05, 3.63) is 55.1 Å². The van der Waals surface area contributed by atoms with E-state index in [-0.39, 0.29) is 0 Å². The normalized spacial score (nSPS) is 13.6. The fourth-order valence-corrected chi connectivity index (χ4v) is 4.50. The smallest absolute Gasteiger partial charge is 0.242 e. The maximum Gasteiger partial charge on any atom is 0.242 e. The summed E-state index contributed by atoms with van der Waals surface area (Å²) in [6.07, 6.45) is 1.82. The van der Waals surface area contributed by atoms with Gasteiger partial charge < -0.3 is 4.90 Å². The molecule has 2 aromatic carbocycles. The SMILES string of the molecule is C=CCN1c2ccccc2Sc2ccc(S(=O)(=O)N(C)C)cc21. The van der Waals surface area contributed by atoms with Crippen molar-refractivity contribution >= 4 is 33.2 Å².